The zero-order valence-electron chi connectivity index (χ0n) is 8.32. The summed E-state index contributed by atoms with van der Waals surface area (Å²) in [6.45, 7) is 1.86. The van der Waals surface area contributed by atoms with Crippen molar-refractivity contribution >= 4 is 21.9 Å². The van der Waals surface area contributed by atoms with Gasteiger partial charge in [-0.1, -0.05) is 18.2 Å². The van der Waals surface area contributed by atoms with Gasteiger partial charge in [0.15, 0.2) is 0 Å². The normalized spacial score (nSPS) is 11.3. The molecule has 0 aliphatic carbocycles. The third-order valence-electron chi connectivity index (χ3n) is 2.70. The van der Waals surface area contributed by atoms with Gasteiger partial charge in [0.2, 0.25) is 0 Å². The molecule has 3 rings (SSSR count). The Hall–Kier alpha value is -1.96. The van der Waals surface area contributed by atoms with Crippen molar-refractivity contribution in [2.45, 2.75) is 6.92 Å². The summed E-state index contributed by atoms with van der Waals surface area (Å²) in [5.41, 5.74) is 2.52. The summed E-state index contributed by atoms with van der Waals surface area (Å²) in [4.78, 5) is 0. The van der Waals surface area contributed by atoms with Crippen molar-refractivity contribution in [3.05, 3.63) is 42.0 Å². The van der Waals surface area contributed by atoms with Crippen LogP contribution in [0.2, 0.25) is 0 Å². The molecule has 0 unspecified atom stereocenters. The molecule has 0 saturated heterocycles. The van der Waals surface area contributed by atoms with Gasteiger partial charge in [0.25, 0.3) is 0 Å². The average Bonchev–Trinajstić information content (AvgIpc) is 2.57. The fourth-order valence-electron chi connectivity index (χ4n) is 1.86. The molecule has 0 amide bonds. The van der Waals surface area contributed by atoms with Crippen LogP contribution < -0.4 is 0 Å². The highest BCUT2D eigenvalue weighted by Crippen LogP contribution is 2.32. The molecule has 1 N–H and O–H groups in total. The maximum atomic E-state index is 9.65. The van der Waals surface area contributed by atoms with Gasteiger partial charge >= 0.3 is 0 Å². The zero-order valence-corrected chi connectivity index (χ0v) is 8.32. The van der Waals surface area contributed by atoms with E-state index >= 15 is 0 Å². The van der Waals surface area contributed by atoms with Gasteiger partial charge in [-0.05, 0) is 30.7 Å². The summed E-state index contributed by atoms with van der Waals surface area (Å²) in [6.07, 6.45) is 0. The molecule has 0 atom stereocenters. The van der Waals surface area contributed by atoms with Gasteiger partial charge in [0, 0.05) is 10.8 Å². The molecule has 3 aromatic rings. The van der Waals surface area contributed by atoms with Crippen LogP contribution in [-0.2, 0) is 0 Å². The standard InChI is InChI=1S/C13H10O2/c1-8-6-13-10(7-11(8)14)9-4-2-3-5-12(9)15-13/h2-7,14H,1H3. The Labute approximate surface area is 86.7 Å². The Morgan fingerprint density at radius 1 is 1.00 bits per heavy atom. The van der Waals surface area contributed by atoms with E-state index in [2.05, 4.69) is 0 Å². The summed E-state index contributed by atoms with van der Waals surface area (Å²) in [7, 11) is 0. The van der Waals surface area contributed by atoms with Gasteiger partial charge in [-0.25, -0.2) is 0 Å². The molecule has 0 aliphatic rings. The van der Waals surface area contributed by atoms with E-state index in [9.17, 15) is 5.11 Å². The number of rotatable bonds is 0. The van der Waals surface area contributed by atoms with Crippen molar-refractivity contribution in [2.75, 3.05) is 0 Å². The number of phenols is 1. The van der Waals surface area contributed by atoms with Crippen molar-refractivity contribution in [3.8, 4) is 5.75 Å². The third kappa shape index (κ3) is 1.11. The molecule has 1 aromatic heterocycles. The molecular weight excluding hydrogens is 188 g/mol. The lowest BCUT2D eigenvalue weighted by Crippen LogP contribution is -1.73. The van der Waals surface area contributed by atoms with Crippen LogP contribution in [0.3, 0.4) is 0 Å². The van der Waals surface area contributed by atoms with E-state index in [0.717, 1.165) is 27.5 Å². The molecule has 0 aliphatic heterocycles. The number of furan rings is 1. The molecule has 1 heterocycles. The first-order valence-electron chi connectivity index (χ1n) is 4.86. The first-order valence-corrected chi connectivity index (χ1v) is 4.86. The van der Waals surface area contributed by atoms with Crippen LogP contribution in [0, 0.1) is 6.92 Å². The number of para-hydroxylation sites is 1. The molecule has 15 heavy (non-hydrogen) atoms. The second kappa shape index (κ2) is 2.76. The van der Waals surface area contributed by atoms with E-state index in [1.165, 1.54) is 0 Å². The minimum atomic E-state index is 0.314. The highest BCUT2D eigenvalue weighted by molar-refractivity contribution is 6.05. The van der Waals surface area contributed by atoms with Crippen molar-refractivity contribution < 1.29 is 9.52 Å². The topological polar surface area (TPSA) is 33.4 Å². The van der Waals surface area contributed by atoms with Gasteiger partial charge in [-0.3, -0.25) is 0 Å². The van der Waals surface area contributed by atoms with Gasteiger partial charge in [0.05, 0.1) is 0 Å². The molecular formula is C13H10O2. The second-order valence-corrected chi connectivity index (χ2v) is 3.73. The Morgan fingerprint density at radius 3 is 2.67 bits per heavy atom. The number of aryl methyl sites for hydroxylation is 1. The minimum absolute atomic E-state index is 0.314. The summed E-state index contributed by atoms with van der Waals surface area (Å²) in [5.74, 6) is 0.314. The maximum Gasteiger partial charge on any atom is 0.135 e. The lowest BCUT2D eigenvalue weighted by molar-refractivity contribution is 0.471. The Morgan fingerprint density at radius 2 is 1.80 bits per heavy atom. The highest BCUT2D eigenvalue weighted by atomic mass is 16.3. The van der Waals surface area contributed by atoms with Gasteiger partial charge in [0.1, 0.15) is 16.9 Å². The van der Waals surface area contributed by atoms with E-state index < -0.39 is 0 Å². The molecule has 2 heteroatoms. The summed E-state index contributed by atoms with van der Waals surface area (Å²) < 4.78 is 5.68. The molecule has 0 saturated carbocycles. The van der Waals surface area contributed by atoms with Crippen LogP contribution in [0.4, 0.5) is 0 Å². The SMILES string of the molecule is Cc1cc2oc3ccccc3c2cc1O. The van der Waals surface area contributed by atoms with Gasteiger partial charge in [-0.15, -0.1) is 0 Å². The monoisotopic (exact) mass is 198 g/mol. The average molecular weight is 198 g/mol. The number of phenolic OH excluding ortho intramolecular Hbond substituents is 1. The van der Waals surface area contributed by atoms with E-state index in [1.54, 1.807) is 6.07 Å². The molecule has 2 nitrogen and oxygen atoms in total. The van der Waals surface area contributed by atoms with E-state index in [-0.39, 0.29) is 0 Å². The smallest absolute Gasteiger partial charge is 0.135 e. The zero-order chi connectivity index (χ0) is 10.4. The molecule has 0 bridgehead atoms. The Kier molecular flexibility index (Phi) is 1.54. The number of benzene rings is 2. The van der Waals surface area contributed by atoms with Crippen molar-refractivity contribution in [2.24, 2.45) is 0 Å². The van der Waals surface area contributed by atoms with E-state index in [0.29, 0.717) is 5.75 Å². The molecule has 2 aromatic carbocycles. The first kappa shape index (κ1) is 8.36. The number of hydrogen-bond acceptors (Lipinski definition) is 2. The quantitative estimate of drug-likeness (QED) is 0.598. The number of hydrogen-bond donors (Lipinski definition) is 1. The summed E-state index contributed by atoms with van der Waals surface area (Å²) >= 11 is 0. The van der Waals surface area contributed by atoms with Crippen LogP contribution >= 0.6 is 0 Å². The first-order chi connectivity index (χ1) is 7.25. The third-order valence-corrected chi connectivity index (χ3v) is 2.70. The van der Waals surface area contributed by atoms with Crippen LogP contribution in [0.25, 0.3) is 21.9 Å². The molecule has 0 spiro atoms. The van der Waals surface area contributed by atoms with Crippen LogP contribution in [0.5, 0.6) is 5.75 Å². The highest BCUT2D eigenvalue weighted by Gasteiger charge is 2.08. The number of aromatic hydroxyl groups is 1. The van der Waals surface area contributed by atoms with Crippen LogP contribution in [0.15, 0.2) is 40.8 Å². The summed E-state index contributed by atoms with van der Waals surface area (Å²) in [6, 6.07) is 11.5. The lowest BCUT2D eigenvalue weighted by atomic mass is 10.1. The van der Waals surface area contributed by atoms with E-state index in [4.69, 9.17) is 4.42 Å². The van der Waals surface area contributed by atoms with E-state index in [1.807, 2.05) is 37.3 Å². The Balaban J connectivity index is 2.56. The van der Waals surface area contributed by atoms with Crippen molar-refractivity contribution in [3.63, 3.8) is 0 Å². The van der Waals surface area contributed by atoms with Crippen molar-refractivity contribution in [1.82, 2.24) is 0 Å². The van der Waals surface area contributed by atoms with Crippen molar-refractivity contribution in [1.29, 1.82) is 0 Å². The predicted octanol–water partition coefficient (Wildman–Crippen LogP) is 3.60. The molecule has 0 radical (unpaired) electrons. The second-order valence-electron chi connectivity index (χ2n) is 3.73. The maximum absolute atomic E-state index is 9.65. The molecule has 74 valence electrons. The molecule has 0 fully saturated rings. The predicted molar refractivity (Wildman–Crippen MR) is 60.1 cm³/mol. The fraction of sp³-hybridized carbons (Fsp3) is 0.0769. The van der Waals surface area contributed by atoms with Gasteiger partial charge in [-0.2, -0.15) is 0 Å². The number of fused-ring (bicyclic) bond motifs is 3. The Bertz CT molecular complexity index is 650. The lowest BCUT2D eigenvalue weighted by Gasteiger charge is -1.96. The minimum Gasteiger partial charge on any atom is -0.508 e. The summed E-state index contributed by atoms with van der Waals surface area (Å²) in [5, 5.41) is 11.7. The van der Waals surface area contributed by atoms with Crippen LogP contribution in [0.1, 0.15) is 5.56 Å². The van der Waals surface area contributed by atoms with Gasteiger partial charge < -0.3 is 9.52 Å². The van der Waals surface area contributed by atoms with Crippen LogP contribution in [-0.4, -0.2) is 5.11 Å². The fourth-order valence-corrected chi connectivity index (χ4v) is 1.86. The largest absolute Gasteiger partial charge is 0.508 e.